The van der Waals surface area contributed by atoms with Gasteiger partial charge in [-0.1, -0.05) is 12.1 Å². The lowest BCUT2D eigenvalue weighted by atomic mass is 10.1. The van der Waals surface area contributed by atoms with Crippen molar-refractivity contribution in [3.8, 4) is 0 Å². The molecule has 28 heavy (non-hydrogen) atoms. The van der Waals surface area contributed by atoms with Gasteiger partial charge in [0.15, 0.2) is 0 Å². The normalized spacial score (nSPS) is 12.6. The highest BCUT2D eigenvalue weighted by atomic mass is 16.1. The maximum atomic E-state index is 12.6. The fraction of sp³-hybridized carbons (Fsp3) is 0.100. The molecular formula is C20H19N7O. The second-order valence-electron chi connectivity index (χ2n) is 6.54. The molecule has 8 nitrogen and oxygen atoms in total. The molecule has 0 aliphatic carbocycles. The van der Waals surface area contributed by atoms with Crippen LogP contribution in [0.25, 0.3) is 21.8 Å². The fourth-order valence-corrected chi connectivity index (χ4v) is 3.07. The van der Waals surface area contributed by atoms with Gasteiger partial charge >= 0.3 is 0 Å². The Bertz CT molecular complexity index is 1220. The van der Waals surface area contributed by atoms with Crippen LogP contribution in [0.4, 0.5) is 5.69 Å². The predicted molar refractivity (Wildman–Crippen MR) is 110 cm³/mol. The quantitative estimate of drug-likeness (QED) is 0.207. The number of fused-ring (bicyclic) bond motifs is 2. The van der Waals surface area contributed by atoms with Crippen molar-refractivity contribution in [1.29, 1.82) is 5.41 Å². The van der Waals surface area contributed by atoms with Crippen molar-refractivity contribution < 1.29 is 4.79 Å². The first-order valence-corrected chi connectivity index (χ1v) is 8.75. The SMILES string of the molecule is CC(N=NC(=N)N)c1ccc2[nH]c(C(=O)Nc3ccc4cc[nH]c4c3)cc2c1. The van der Waals surface area contributed by atoms with Crippen LogP contribution in [0.15, 0.2) is 65.0 Å². The summed E-state index contributed by atoms with van der Waals surface area (Å²) in [6, 6.07) is 15.0. The van der Waals surface area contributed by atoms with E-state index in [1.807, 2.05) is 55.6 Å². The molecule has 0 bridgehead atoms. The van der Waals surface area contributed by atoms with Crippen molar-refractivity contribution in [2.75, 3.05) is 5.32 Å². The van der Waals surface area contributed by atoms with E-state index in [4.69, 9.17) is 11.1 Å². The molecule has 0 radical (unpaired) electrons. The third kappa shape index (κ3) is 3.48. The number of anilines is 1. The molecule has 2 heterocycles. The second-order valence-corrected chi connectivity index (χ2v) is 6.54. The number of H-pyrrole nitrogens is 2. The summed E-state index contributed by atoms with van der Waals surface area (Å²) in [5.41, 5.74) is 9.13. The number of guanidine groups is 1. The number of amides is 1. The Morgan fingerprint density at radius 1 is 1.11 bits per heavy atom. The number of hydrogen-bond acceptors (Lipinski definition) is 3. The highest BCUT2D eigenvalue weighted by Gasteiger charge is 2.12. The molecule has 0 saturated carbocycles. The first-order valence-electron chi connectivity index (χ1n) is 8.75. The fourth-order valence-electron chi connectivity index (χ4n) is 3.07. The van der Waals surface area contributed by atoms with Crippen LogP contribution in [-0.2, 0) is 0 Å². The number of rotatable bonds is 4. The van der Waals surface area contributed by atoms with Gasteiger partial charge in [-0.25, -0.2) is 0 Å². The van der Waals surface area contributed by atoms with E-state index in [0.29, 0.717) is 5.69 Å². The van der Waals surface area contributed by atoms with Crippen molar-refractivity contribution >= 4 is 39.4 Å². The smallest absolute Gasteiger partial charge is 0.272 e. The summed E-state index contributed by atoms with van der Waals surface area (Å²) in [5, 5.41) is 19.6. The molecule has 8 heteroatoms. The number of aromatic amines is 2. The number of benzene rings is 2. The monoisotopic (exact) mass is 373 g/mol. The summed E-state index contributed by atoms with van der Waals surface area (Å²) >= 11 is 0. The number of hydrogen-bond donors (Lipinski definition) is 5. The highest BCUT2D eigenvalue weighted by Crippen LogP contribution is 2.24. The lowest BCUT2D eigenvalue weighted by Crippen LogP contribution is -2.12. The topological polar surface area (TPSA) is 135 Å². The molecule has 6 N–H and O–H groups in total. The summed E-state index contributed by atoms with van der Waals surface area (Å²) in [7, 11) is 0. The number of nitrogens with one attached hydrogen (secondary N) is 4. The van der Waals surface area contributed by atoms with E-state index in [2.05, 4.69) is 25.5 Å². The summed E-state index contributed by atoms with van der Waals surface area (Å²) in [4.78, 5) is 18.9. The lowest BCUT2D eigenvalue weighted by molar-refractivity contribution is 0.102. The molecule has 0 aliphatic rings. The van der Waals surface area contributed by atoms with Crippen LogP contribution >= 0.6 is 0 Å². The molecule has 1 unspecified atom stereocenters. The van der Waals surface area contributed by atoms with Crippen LogP contribution in [0.5, 0.6) is 0 Å². The molecule has 2 aromatic heterocycles. The van der Waals surface area contributed by atoms with E-state index in [0.717, 1.165) is 33.1 Å². The number of nitrogens with two attached hydrogens (primary N) is 1. The van der Waals surface area contributed by atoms with Gasteiger partial charge in [-0.15, -0.1) is 5.11 Å². The molecule has 140 valence electrons. The van der Waals surface area contributed by atoms with Gasteiger partial charge in [0.25, 0.3) is 5.91 Å². The predicted octanol–water partition coefficient (Wildman–Crippen LogP) is 4.31. The minimum atomic E-state index is -0.328. The molecular weight excluding hydrogens is 354 g/mol. The second kappa shape index (κ2) is 6.99. The first-order chi connectivity index (χ1) is 13.5. The van der Waals surface area contributed by atoms with Gasteiger partial charge in [-0.05, 0) is 54.3 Å². The van der Waals surface area contributed by atoms with Crippen LogP contribution in [0.3, 0.4) is 0 Å². The maximum absolute atomic E-state index is 12.6. The maximum Gasteiger partial charge on any atom is 0.272 e. The largest absolute Gasteiger partial charge is 0.367 e. The van der Waals surface area contributed by atoms with Crippen LogP contribution in [0.2, 0.25) is 0 Å². The van der Waals surface area contributed by atoms with Gasteiger partial charge in [0.1, 0.15) is 5.69 Å². The summed E-state index contributed by atoms with van der Waals surface area (Å²) in [6.07, 6.45) is 1.86. The summed E-state index contributed by atoms with van der Waals surface area (Å²) < 4.78 is 0. The zero-order valence-corrected chi connectivity index (χ0v) is 15.2. The van der Waals surface area contributed by atoms with Gasteiger partial charge in [0.05, 0.1) is 6.04 Å². The molecule has 1 amide bonds. The number of nitrogens with zero attached hydrogens (tertiary/aromatic N) is 2. The average Bonchev–Trinajstić information content (AvgIpc) is 3.31. The van der Waals surface area contributed by atoms with Gasteiger partial charge in [-0.2, -0.15) is 5.11 Å². The first kappa shape index (κ1) is 17.5. The number of carbonyl (C=O) groups is 1. The summed E-state index contributed by atoms with van der Waals surface area (Å²) in [6.45, 7) is 1.87. The molecule has 2 aromatic carbocycles. The van der Waals surface area contributed by atoms with E-state index in [1.165, 1.54) is 0 Å². The molecule has 0 saturated heterocycles. The lowest BCUT2D eigenvalue weighted by Gasteiger charge is -2.04. The molecule has 0 aliphatic heterocycles. The minimum absolute atomic E-state index is 0.215. The van der Waals surface area contributed by atoms with Crippen LogP contribution in [0.1, 0.15) is 29.0 Å². The summed E-state index contributed by atoms with van der Waals surface area (Å²) in [5.74, 6) is -0.543. The van der Waals surface area contributed by atoms with Crippen molar-refractivity contribution in [1.82, 2.24) is 9.97 Å². The molecule has 0 fully saturated rings. The number of azo groups is 1. The van der Waals surface area contributed by atoms with Crippen molar-refractivity contribution in [3.05, 3.63) is 66.0 Å². The van der Waals surface area contributed by atoms with E-state index >= 15 is 0 Å². The minimum Gasteiger partial charge on any atom is -0.367 e. The molecule has 1 atom stereocenters. The molecule has 4 aromatic rings. The van der Waals surface area contributed by atoms with Crippen molar-refractivity contribution in [3.63, 3.8) is 0 Å². The standard InChI is InChI=1S/C20H19N7O/c1-11(26-27-20(21)22)13-3-5-16-14(8-13)9-18(25-16)19(28)24-15-4-2-12-6-7-23-17(12)10-15/h2-11,23,25H,1H3,(H3,21,22)(H,24,28). The third-order valence-corrected chi connectivity index (χ3v) is 4.52. The zero-order valence-electron chi connectivity index (χ0n) is 15.2. The molecule has 0 spiro atoms. The van der Waals surface area contributed by atoms with Crippen LogP contribution < -0.4 is 11.1 Å². The van der Waals surface area contributed by atoms with Gasteiger partial charge in [-0.3, -0.25) is 10.2 Å². The van der Waals surface area contributed by atoms with E-state index < -0.39 is 0 Å². The van der Waals surface area contributed by atoms with Gasteiger partial charge < -0.3 is 21.0 Å². The van der Waals surface area contributed by atoms with E-state index in [9.17, 15) is 4.79 Å². The Kier molecular flexibility index (Phi) is 4.36. The van der Waals surface area contributed by atoms with Crippen molar-refractivity contribution in [2.24, 2.45) is 16.0 Å². The Morgan fingerprint density at radius 2 is 1.96 bits per heavy atom. The highest BCUT2D eigenvalue weighted by molar-refractivity contribution is 6.06. The van der Waals surface area contributed by atoms with E-state index in [-0.39, 0.29) is 17.9 Å². The number of carbonyl (C=O) groups excluding carboxylic acids is 1. The molecule has 4 rings (SSSR count). The third-order valence-electron chi connectivity index (χ3n) is 4.52. The van der Waals surface area contributed by atoms with Gasteiger partial charge in [0.2, 0.25) is 5.96 Å². The Hall–Kier alpha value is -3.94. The average molecular weight is 373 g/mol. The van der Waals surface area contributed by atoms with Gasteiger partial charge in [0, 0.05) is 28.3 Å². The van der Waals surface area contributed by atoms with E-state index in [1.54, 1.807) is 6.07 Å². The van der Waals surface area contributed by atoms with Crippen LogP contribution in [0, 0.1) is 5.41 Å². The Morgan fingerprint density at radius 3 is 2.79 bits per heavy atom. The van der Waals surface area contributed by atoms with Crippen molar-refractivity contribution in [2.45, 2.75) is 13.0 Å². The zero-order chi connectivity index (χ0) is 19.7. The number of aromatic nitrogens is 2. The Labute approximate surface area is 160 Å². The van der Waals surface area contributed by atoms with Crippen LogP contribution in [-0.4, -0.2) is 21.8 Å². The Balaban J connectivity index is 1.56.